The number of benzene rings is 1. The average molecular weight is 439 g/mol. The molecule has 1 aliphatic rings. The minimum absolute atomic E-state index is 0.00764. The number of halogens is 6. The molecule has 1 aromatic carbocycles. The normalized spacial score (nSPS) is 14.2. The van der Waals surface area contributed by atoms with E-state index in [0.29, 0.717) is 18.7 Å². The van der Waals surface area contributed by atoms with E-state index in [1.54, 1.807) is 0 Å². The first-order valence-corrected chi connectivity index (χ1v) is 9.28. The predicted molar refractivity (Wildman–Crippen MR) is 99.4 cm³/mol. The molecule has 0 saturated heterocycles. The third kappa shape index (κ3) is 4.91. The predicted octanol–water partition coefficient (Wildman–Crippen LogP) is 5.09. The number of thiocarbonyl (C=S) groups is 1. The fourth-order valence-electron chi connectivity index (χ4n) is 2.74. The Morgan fingerprint density at radius 2 is 2.00 bits per heavy atom. The van der Waals surface area contributed by atoms with E-state index in [1.807, 2.05) is 0 Å². The van der Waals surface area contributed by atoms with Crippen molar-refractivity contribution in [2.24, 2.45) is 0 Å². The fraction of sp³-hybridized carbons (Fsp3) is 0.412. The lowest BCUT2D eigenvalue weighted by Gasteiger charge is -2.12. The van der Waals surface area contributed by atoms with Crippen LogP contribution in [0, 0.1) is 11.6 Å². The Hall–Kier alpha value is -1.94. The number of hydrogen-bond acceptors (Lipinski definition) is 2. The molecule has 0 unspecified atom stereocenters. The van der Waals surface area contributed by atoms with Gasteiger partial charge < -0.3 is 10.6 Å². The molecule has 11 heteroatoms. The zero-order valence-electron chi connectivity index (χ0n) is 14.4. The smallest absolute Gasteiger partial charge is 0.362 e. The molecule has 2 aromatic rings. The Labute approximate surface area is 168 Å². The highest BCUT2D eigenvalue weighted by atomic mass is 35.5. The minimum Gasteiger partial charge on any atom is -0.362 e. The molecule has 28 heavy (non-hydrogen) atoms. The molecule has 1 aliphatic carbocycles. The number of nitrogens with one attached hydrogen (secondary N) is 2. The summed E-state index contributed by atoms with van der Waals surface area (Å²) in [6.45, 7) is 0.541. The molecule has 1 saturated carbocycles. The molecule has 4 nitrogen and oxygen atoms in total. The van der Waals surface area contributed by atoms with Gasteiger partial charge in [0, 0.05) is 25.1 Å². The maximum atomic E-state index is 13.6. The lowest BCUT2D eigenvalue weighted by atomic mass is 10.2. The number of alkyl halides is 3. The van der Waals surface area contributed by atoms with Crippen molar-refractivity contribution in [2.75, 3.05) is 11.9 Å². The van der Waals surface area contributed by atoms with Gasteiger partial charge >= 0.3 is 6.18 Å². The first-order valence-electron chi connectivity index (χ1n) is 8.50. The van der Waals surface area contributed by atoms with E-state index in [1.165, 1.54) is 10.7 Å². The van der Waals surface area contributed by atoms with Crippen LogP contribution in [-0.2, 0) is 12.7 Å². The Bertz CT molecular complexity index is 879. The third-order valence-electron chi connectivity index (χ3n) is 4.18. The third-order valence-corrected chi connectivity index (χ3v) is 4.79. The molecule has 0 bridgehead atoms. The van der Waals surface area contributed by atoms with Gasteiger partial charge in [0.1, 0.15) is 11.6 Å². The highest BCUT2D eigenvalue weighted by Crippen LogP contribution is 2.46. The topological polar surface area (TPSA) is 41.9 Å². The van der Waals surface area contributed by atoms with Crippen LogP contribution < -0.4 is 10.6 Å². The molecule has 0 aliphatic heterocycles. The summed E-state index contributed by atoms with van der Waals surface area (Å²) < 4.78 is 66.9. The SMILES string of the molecule is Fc1ccc(NC(=S)NCCCn2nc(C(F)(F)F)c(Cl)c2C2CC2)c(F)c1. The molecule has 1 fully saturated rings. The summed E-state index contributed by atoms with van der Waals surface area (Å²) in [6.07, 6.45) is -2.60. The van der Waals surface area contributed by atoms with Gasteiger partial charge in [-0.3, -0.25) is 4.68 Å². The van der Waals surface area contributed by atoms with E-state index in [2.05, 4.69) is 15.7 Å². The zero-order chi connectivity index (χ0) is 20.5. The van der Waals surface area contributed by atoms with Crippen LogP contribution in [0.3, 0.4) is 0 Å². The summed E-state index contributed by atoms with van der Waals surface area (Å²) in [4.78, 5) is 0. The van der Waals surface area contributed by atoms with Gasteiger partial charge in [-0.15, -0.1) is 0 Å². The van der Waals surface area contributed by atoms with Crippen LogP contribution in [0.2, 0.25) is 5.02 Å². The molecule has 2 N–H and O–H groups in total. The van der Waals surface area contributed by atoms with Gasteiger partial charge in [-0.2, -0.15) is 18.3 Å². The number of hydrogen-bond donors (Lipinski definition) is 2. The summed E-state index contributed by atoms with van der Waals surface area (Å²) in [5.74, 6) is -1.48. The van der Waals surface area contributed by atoms with Crippen molar-refractivity contribution in [1.29, 1.82) is 0 Å². The summed E-state index contributed by atoms with van der Waals surface area (Å²) in [5.41, 5.74) is -0.625. The number of aromatic nitrogens is 2. The van der Waals surface area contributed by atoms with Crippen LogP contribution in [0.1, 0.15) is 36.6 Å². The second-order valence-corrected chi connectivity index (χ2v) is 7.19. The van der Waals surface area contributed by atoms with Crippen molar-refractivity contribution in [3.05, 3.63) is 46.2 Å². The van der Waals surface area contributed by atoms with Crippen LogP contribution >= 0.6 is 23.8 Å². The van der Waals surface area contributed by atoms with Gasteiger partial charge in [-0.05, 0) is 43.6 Å². The lowest BCUT2D eigenvalue weighted by molar-refractivity contribution is -0.141. The van der Waals surface area contributed by atoms with Gasteiger partial charge in [-0.1, -0.05) is 11.6 Å². The standard InChI is InChI=1S/C17H16ClF5N4S/c18-13-14(9-2-3-9)27(26-15(13)17(21,22)23)7-1-6-24-16(28)25-12-5-4-10(19)8-11(12)20/h4-5,8-9H,1-3,6-7H2,(H2,24,25,28). The molecule has 0 atom stereocenters. The van der Waals surface area contributed by atoms with E-state index >= 15 is 0 Å². The van der Waals surface area contributed by atoms with Crippen LogP contribution in [0.25, 0.3) is 0 Å². The molecule has 152 valence electrons. The van der Waals surface area contributed by atoms with Crippen molar-refractivity contribution in [1.82, 2.24) is 15.1 Å². The van der Waals surface area contributed by atoms with E-state index in [-0.39, 0.29) is 28.3 Å². The Balaban J connectivity index is 1.54. The zero-order valence-corrected chi connectivity index (χ0v) is 16.0. The maximum absolute atomic E-state index is 13.6. The van der Waals surface area contributed by atoms with Gasteiger partial charge in [0.05, 0.1) is 16.4 Å². The Morgan fingerprint density at radius 3 is 2.61 bits per heavy atom. The van der Waals surface area contributed by atoms with Crippen LogP contribution in [0.5, 0.6) is 0 Å². The second-order valence-electron chi connectivity index (χ2n) is 6.40. The van der Waals surface area contributed by atoms with Crippen molar-refractivity contribution < 1.29 is 22.0 Å². The van der Waals surface area contributed by atoms with E-state index in [0.717, 1.165) is 25.0 Å². The monoisotopic (exact) mass is 438 g/mol. The van der Waals surface area contributed by atoms with E-state index in [4.69, 9.17) is 23.8 Å². The molecule has 0 spiro atoms. The Morgan fingerprint density at radius 1 is 1.29 bits per heavy atom. The average Bonchev–Trinajstić information content (AvgIpc) is 3.37. The van der Waals surface area contributed by atoms with Crippen LogP contribution in [0.4, 0.5) is 27.6 Å². The Kier molecular flexibility index (Phi) is 6.09. The number of rotatable bonds is 6. The first kappa shape index (κ1) is 20.8. The maximum Gasteiger partial charge on any atom is 0.436 e. The largest absolute Gasteiger partial charge is 0.436 e. The van der Waals surface area contributed by atoms with Crippen LogP contribution in [0.15, 0.2) is 18.2 Å². The van der Waals surface area contributed by atoms with Gasteiger partial charge in [0.2, 0.25) is 0 Å². The van der Waals surface area contributed by atoms with Gasteiger partial charge in [0.15, 0.2) is 10.8 Å². The highest BCUT2D eigenvalue weighted by molar-refractivity contribution is 7.80. The number of anilines is 1. The van der Waals surface area contributed by atoms with Crippen molar-refractivity contribution in [3.8, 4) is 0 Å². The second kappa shape index (κ2) is 8.20. The summed E-state index contributed by atoms with van der Waals surface area (Å²) in [5, 5.41) is 8.85. The highest BCUT2D eigenvalue weighted by Gasteiger charge is 2.41. The number of aryl methyl sites for hydroxylation is 1. The first-order chi connectivity index (χ1) is 13.2. The summed E-state index contributed by atoms with van der Waals surface area (Å²) >= 11 is 11.0. The molecule has 0 amide bonds. The van der Waals surface area contributed by atoms with Crippen molar-refractivity contribution >= 4 is 34.6 Å². The molecule has 1 heterocycles. The fourth-order valence-corrected chi connectivity index (χ4v) is 3.35. The van der Waals surface area contributed by atoms with Crippen molar-refractivity contribution in [2.45, 2.75) is 37.9 Å². The number of nitrogens with zero attached hydrogens (tertiary/aromatic N) is 2. The summed E-state index contributed by atoms with van der Waals surface area (Å²) in [6, 6.07) is 3.03. The minimum atomic E-state index is -4.60. The summed E-state index contributed by atoms with van der Waals surface area (Å²) in [7, 11) is 0. The van der Waals surface area contributed by atoms with E-state index in [9.17, 15) is 22.0 Å². The van der Waals surface area contributed by atoms with Gasteiger partial charge in [-0.25, -0.2) is 8.78 Å². The van der Waals surface area contributed by atoms with Crippen LogP contribution in [-0.4, -0.2) is 21.4 Å². The molecular weight excluding hydrogens is 423 g/mol. The molecule has 3 rings (SSSR count). The molecule has 1 aromatic heterocycles. The van der Waals surface area contributed by atoms with Gasteiger partial charge in [0.25, 0.3) is 0 Å². The molecule has 0 radical (unpaired) electrons. The molecular formula is C17H16ClF5N4S. The van der Waals surface area contributed by atoms with Crippen molar-refractivity contribution in [3.63, 3.8) is 0 Å². The quantitative estimate of drug-likeness (QED) is 0.374. The van der Waals surface area contributed by atoms with E-state index < -0.39 is 23.5 Å². The lowest BCUT2D eigenvalue weighted by Crippen LogP contribution is -2.30.